The highest BCUT2D eigenvalue weighted by Gasteiger charge is 2.54. The van der Waals surface area contributed by atoms with Crippen molar-refractivity contribution in [3.63, 3.8) is 0 Å². The Kier molecular flexibility index (Phi) is 4.77. The topological polar surface area (TPSA) is 71.1 Å². The van der Waals surface area contributed by atoms with E-state index in [2.05, 4.69) is 10.2 Å². The van der Waals surface area contributed by atoms with Crippen LogP contribution in [0.4, 0.5) is 0 Å². The van der Waals surface area contributed by atoms with Crippen molar-refractivity contribution < 1.29 is 9.53 Å². The Bertz CT molecular complexity index is 1020. The number of aromatic amines is 1. The molecule has 0 bridgehead atoms. The van der Waals surface area contributed by atoms with Crippen molar-refractivity contribution in [2.75, 3.05) is 13.7 Å². The van der Waals surface area contributed by atoms with E-state index < -0.39 is 5.41 Å². The van der Waals surface area contributed by atoms with Gasteiger partial charge in [0.15, 0.2) is 5.82 Å². The first-order chi connectivity index (χ1) is 14.7. The molecule has 6 heteroatoms. The van der Waals surface area contributed by atoms with Gasteiger partial charge < -0.3 is 9.64 Å². The minimum Gasteiger partial charge on any atom is -0.497 e. The molecular weight excluding hydrogens is 376 g/mol. The molecule has 3 aromatic rings. The lowest BCUT2D eigenvalue weighted by Crippen LogP contribution is -2.44. The number of piperidine rings is 1. The van der Waals surface area contributed by atoms with Gasteiger partial charge in [-0.05, 0) is 49.8 Å². The number of hydrogen-bond donors (Lipinski definition) is 1. The van der Waals surface area contributed by atoms with Gasteiger partial charge in [0, 0.05) is 12.1 Å². The van der Waals surface area contributed by atoms with Gasteiger partial charge >= 0.3 is 0 Å². The van der Waals surface area contributed by atoms with Gasteiger partial charge in [0.2, 0.25) is 5.91 Å². The summed E-state index contributed by atoms with van der Waals surface area (Å²) in [6.07, 6.45) is 4.82. The number of carbonyl (C=O) groups is 1. The molecule has 154 valence electrons. The second kappa shape index (κ2) is 7.59. The average molecular weight is 402 g/mol. The minimum absolute atomic E-state index is 0.0491. The van der Waals surface area contributed by atoms with Crippen LogP contribution in [0.3, 0.4) is 0 Å². The molecule has 1 N–H and O–H groups in total. The molecule has 1 saturated carbocycles. The van der Waals surface area contributed by atoms with Crippen LogP contribution >= 0.6 is 0 Å². The van der Waals surface area contributed by atoms with Gasteiger partial charge in [-0.1, -0.05) is 42.5 Å². The number of ether oxygens (including phenoxy) is 1. The van der Waals surface area contributed by atoms with E-state index in [0.29, 0.717) is 5.82 Å². The molecule has 0 spiro atoms. The zero-order valence-electron chi connectivity index (χ0n) is 17.2. The molecule has 1 aliphatic heterocycles. The van der Waals surface area contributed by atoms with Crippen molar-refractivity contribution in [2.45, 2.75) is 43.6 Å². The maximum absolute atomic E-state index is 13.7. The van der Waals surface area contributed by atoms with Crippen LogP contribution in [0.25, 0.3) is 11.4 Å². The van der Waals surface area contributed by atoms with Crippen LogP contribution in [0.5, 0.6) is 5.75 Å². The first kappa shape index (κ1) is 18.9. The third kappa shape index (κ3) is 3.26. The van der Waals surface area contributed by atoms with Crippen molar-refractivity contribution in [1.29, 1.82) is 0 Å². The number of methoxy groups -OCH3 is 1. The highest BCUT2D eigenvalue weighted by atomic mass is 16.5. The third-order valence-electron chi connectivity index (χ3n) is 6.42. The fourth-order valence-electron chi connectivity index (χ4n) is 4.53. The molecule has 1 saturated heterocycles. The maximum atomic E-state index is 13.7. The Morgan fingerprint density at radius 3 is 2.57 bits per heavy atom. The van der Waals surface area contributed by atoms with Crippen molar-refractivity contribution in [2.24, 2.45) is 0 Å². The Morgan fingerprint density at radius 1 is 1.10 bits per heavy atom. The predicted molar refractivity (Wildman–Crippen MR) is 114 cm³/mol. The summed E-state index contributed by atoms with van der Waals surface area (Å²) in [4.78, 5) is 20.5. The van der Waals surface area contributed by atoms with Crippen LogP contribution in [-0.4, -0.2) is 39.6 Å². The molecule has 0 radical (unpaired) electrons. The van der Waals surface area contributed by atoms with Crippen LogP contribution in [0.1, 0.15) is 49.5 Å². The SMILES string of the molecule is COc1ccc(C2(C(=O)N3CCCCC3c3nc(-c4ccccc4)n[nH]3)CC2)cc1. The van der Waals surface area contributed by atoms with Gasteiger partial charge in [-0.3, -0.25) is 9.89 Å². The Labute approximate surface area is 176 Å². The summed E-state index contributed by atoms with van der Waals surface area (Å²) >= 11 is 0. The quantitative estimate of drug-likeness (QED) is 0.692. The molecule has 6 nitrogen and oxygen atoms in total. The second-order valence-corrected chi connectivity index (χ2v) is 8.23. The van der Waals surface area contributed by atoms with E-state index in [1.807, 2.05) is 59.5 Å². The molecular formula is C24H26N4O2. The molecule has 1 aliphatic carbocycles. The molecule has 2 aromatic carbocycles. The summed E-state index contributed by atoms with van der Waals surface area (Å²) in [6.45, 7) is 0.767. The summed E-state index contributed by atoms with van der Waals surface area (Å²) in [6, 6.07) is 17.8. The normalized spacial score (nSPS) is 20.0. The number of carbonyl (C=O) groups excluding carboxylic acids is 1. The Balaban J connectivity index is 1.41. The fraction of sp³-hybridized carbons (Fsp3) is 0.375. The van der Waals surface area contributed by atoms with E-state index >= 15 is 0 Å². The summed E-state index contributed by atoms with van der Waals surface area (Å²) in [5.74, 6) is 2.50. The number of nitrogens with one attached hydrogen (secondary N) is 1. The number of nitrogens with zero attached hydrogens (tertiary/aromatic N) is 3. The molecule has 30 heavy (non-hydrogen) atoms. The van der Waals surface area contributed by atoms with Gasteiger partial charge in [-0.2, -0.15) is 5.10 Å². The Morgan fingerprint density at radius 2 is 1.87 bits per heavy atom. The van der Waals surface area contributed by atoms with Gasteiger partial charge in [-0.25, -0.2) is 4.98 Å². The molecule has 1 atom stereocenters. The summed E-state index contributed by atoms with van der Waals surface area (Å²) < 4.78 is 5.28. The molecule has 1 unspecified atom stereocenters. The second-order valence-electron chi connectivity index (χ2n) is 8.23. The lowest BCUT2D eigenvalue weighted by atomic mass is 9.91. The number of benzene rings is 2. The first-order valence-electron chi connectivity index (χ1n) is 10.6. The monoisotopic (exact) mass is 402 g/mol. The highest BCUT2D eigenvalue weighted by molar-refractivity contribution is 5.91. The van der Waals surface area contributed by atoms with Crippen LogP contribution in [0, 0.1) is 0 Å². The largest absolute Gasteiger partial charge is 0.497 e. The van der Waals surface area contributed by atoms with Crippen molar-refractivity contribution >= 4 is 5.91 Å². The lowest BCUT2D eigenvalue weighted by molar-refractivity contribution is -0.138. The summed E-state index contributed by atoms with van der Waals surface area (Å²) in [5, 5.41) is 7.54. The number of rotatable bonds is 5. The van der Waals surface area contributed by atoms with Gasteiger partial charge in [0.25, 0.3) is 0 Å². The highest BCUT2D eigenvalue weighted by Crippen LogP contribution is 2.51. The molecule has 5 rings (SSSR count). The van der Waals surface area contributed by atoms with E-state index in [-0.39, 0.29) is 11.9 Å². The standard InChI is InChI=1S/C24H26N4O2/c1-30-19-12-10-18(11-13-19)24(14-15-24)23(29)28-16-6-5-9-20(28)22-25-21(26-27-22)17-7-3-2-4-8-17/h2-4,7-8,10-13,20H,5-6,9,14-16H2,1H3,(H,25,26,27). The number of aromatic nitrogens is 3. The van der Waals surface area contributed by atoms with Crippen LogP contribution < -0.4 is 4.74 Å². The van der Waals surface area contributed by atoms with Gasteiger partial charge in [0.1, 0.15) is 11.6 Å². The molecule has 2 fully saturated rings. The lowest BCUT2D eigenvalue weighted by Gasteiger charge is -2.37. The van der Waals surface area contributed by atoms with Crippen molar-refractivity contribution in [3.05, 3.63) is 66.0 Å². The zero-order chi connectivity index (χ0) is 20.6. The number of likely N-dealkylation sites (tertiary alicyclic amines) is 1. The average Bonchev–Trinajstić information content (AvgIpc) is 3.48. The number of H-pyrrole nitrogens is 1. The van der Waals surface area contributed by atoms with Gasteiger partial charge in [-0.15, -0.1) is 0 Å². The number of amides is 1. The zero-order valence-corrected chi connectivity index (χ0v) is 17.2. The first-order valence-corrected chi connectivity index (χ1v) is 10.6. The van der Waals surface area contributed by atoms with Crippen LogP contribution in [0.15, 0.2) is 54.6 Å². The Hall–Kier alpha value is -3.15. The van der Waals surface area contributed by atoms with Crippen molar-refractivity contribution in [3.8, 4) is 17.1 Å². The smallest absolute Gasteiger partial charge is 0.233 e. The van der Waals surface area contributed by atoms with Crippen LogP contribution in [-0.2, 0) is 10.2 Å². The van der Waals surface area contributed by atoms with Crippen LogP contribution in [0.2, 0.25) is 0 Å². The van der Waals surface area contributed by atoms with Gasteiger partial charge in [0.05, 0.1) is 18.6 Å². The molecule has 1 aromatic heterocycles. The number of hydrogen-bond acceptors (Lipinski definition) is 4. The molecule has 2 aliphatic rings. The van der Waals surface area contributed by atoms with Crippen molar-refractivity contribution in [1.82, 2.24) is 20.1 Å². The third-order valence-corrected chi connectivity index (χ3v) is 6.42. The van der Waals surface area contributed by atoms with E-state index in [4.69, 9.17) is 9.72 Å². The minimum atomic E-state index is -0.399. The van der Waals surface area contributed by atoms with E-state index in [1.54, 1.807) is 7.11 Å². The molecule has 2 heterocycles. The summed E-state index contributed by atoms with van der Waals surface area (Å²) in [7, 11) is 1.66. The molecule has 1 amide bonds. The predicted octanol–water partition coefficient (Wildman–Crippen LogP) is 4.27. The fourth-order valence-corrected chi connectivity index (χ4v) is 4.53. The van der Waals surface area contributed by atoms with E-state index in [1.165, 1.54) is 0 Å². The summed E-state index contributed by atoms with van der Waals surface area (Å²) in [5.41, 5.74) is 1.66. The van der Waals surface area contributed by atoms with E-state index in [0.717, 1.165) is 61.3 Å². The maximum Gasteiger partial charge on any atom is 0.233 e. The van der Waals surface area contributed by atoms with E-state index in [9.17, 15) is 4.79 Å².